The van der Waals surface area contributed by atoms with Crippen LogP contribution < -0.4 is 0 Å². The SMILES string of the molecule is FC(F)c1nc2ccccc2nc1-c1cn[nH]c1. The van der Waals surface area contributed by atoms with E-state index in [2.05, 4.69) is 20.2 Å². The lowest BCUT2D eigenvalue weighted by atomic mass is 10.2. The maximum Gasteiger partial charge on any atom is 0.282 e. The van der Waals surface area contributed by atoms with Gasteiger partial charge in [0.1, 0.15) is 11.4 Å². The molecule has 0 amide bonds. The third-order valence-electron chi connectivity index (χ3n) is 2.58. The van der Waals surface area contributed by atoms with Gasteiger partial charge in [-0.25, -0.2) is 18.7 Å². The topological polar surface area (TPSA) is 54.5 Å². The molecule has 6 heteroatoms. The minimum Gasteiger partial charge on any atom is -0.285 e. The summed E-state index contributed by atoms with van der Waals surface area (Å²) in [5.74, 6) is 0. The number of nitrogens with one attached hydrogen (secondary N) is 1. The Morgan fingerprint density at radius 1 is 1.06 bits per heavy atom. The smallest absolute Gasteiger partial charge is 0.282 e. The first-order chi connectivity index (χ1) is 8.75. The molecule has 0 atom stereocenters. The van der Waals surface area contributed by atoms with Crippen LogP contribution in [0, 0.1) is 0 Å². The highest BCUT2D eigenvalue weighted by molar-refractivity contribution is 5.78. The van der Waals surface area contributed by atoms with Crippen LogP contribution in [0.15, 0.2) is 36.7 Å². The van der Waals surface area contributed by atoms with Crippen molar-refractivity contribution in [1.82, 2.24) is 20.2 Å². The number of halogens is 2. The van der Waals surface area contributed by atoms with Gasteiger partial charge in [-0.3, -0.25) is 5.10 Å². The van der Waals surface area contributed by atoms with Crippen molar-refractivity contribution < 1.29 is 8.78 Å². The Hall–Kier alpha value is -2.37. The zero-order chi connectivity index (χ0) is 12.5. The number of aromatic amines is 1. The van der Waals surface area contributed by atoms with Gasteiger partial charge in [-0.2, -0.15) is 5.10 Å². The highest BCUT2D eigenvalue weighted by atomic mass is 19.3. The average Bonchev–Trinajstić information content (AvgIpc) is 2.91. The highest BCUT2D eigenvalue weighted by Gasteiger charge is 2.19. The molecule has 0 unspecified atom stereocenters. The molecule has 0 saturated heterocycles. The number of aromatic nitrogens is 4. The monoisotopic (exact) mass is 246 g/mol. The Morgan fingerprint density at radius 3 is 2.39 bits per heavy atom. The number of hydrogen-bond acceptors (Lipinski definition) is 3. The van der Waals surface area contributed by atoms with Gasteiger partial charge in [0.25, 0.3) is 6.43 Å². The Morgan fingerprint density at radius 2 is 1.78 bits per heavy atom. The third-order valence-corrected chi connectivity index (χ3v) is 2.58. The zero-order valence-electron chi connectivity index (χ0n) is 9.14. The van der Waals surface area contributed by atoms with E-state index in [1.807, 2.05) is 0 Å². The molecule has 2 heterocycles. The molecule has 0 bridgehead atoms. The van der Waals surface area contributed by atoms with Crippen LogP contribution >= 0.6 is 0 Å². The molecule has 1 aromatic carbocycles. The second kappa shape index (κ2) is 4.14. The largest absolute Gasteiger partial charge is 0.285 e. The van der Waals surface area contributed by atoms with Crippen LogP contribution in [-0.2, 0) is 0 Å². The standard InChI is InChI=1S/C12H8F2N4/c13-12(14)11-10(7-5-15-16-6-7)17-8-3-1-2-4-9(8)18-11/h1-6,12H,(H,15,16). The van der Waals surface area contributed by atoms with Crippen molar-refractivity contribution in [2.75, 3.05) is 0 Å². The quantitative estimate of drug-likeness (QED) is 0.756. The molecule has 0 aliphatic carbocycles. The normalized spacial score (nSPS) is 11.3. The summed E-state index contributed by atoms with van der Waals surface area (Å²) >= 11 is 0. The molecule has 0 spiro atoms. The first-order valence-electron chi connectivity index (χ1n) is 5.29. The van der Waals surface area contributed by atoms with E-state index in [0.29, 0.717) is 16.6 Å². The summed E-state index contributed by atoms with van der Waals surface area (Å²) in [7, 11) is 0. The van der Waals surface area contributed by atoms with Crippen LogP contribution in [0.3, 0.4) is 0 Å². The van der Waals surface area contributed by atoms with Gasteiger partial charge in [0.2, 0.25) is 0 Å². The third kappa shape index (κ3) is 1.71. The van der Waals surface area contributed by atoms with Crippen LogP contribution in [0.2, 0.25) is 0 Å². The number of benzene rings is 1. The van der Waals surface area contributed by atoms with Crippen molar-refractivity contribution in [2.45, 2.75) is 6.43 Å². The van der Waals surface area contributed by atoms with Gasteiger partial charge in [-0.1, -0.05) is 12.1 Å². The molecule has 18 heavy (non-hydrogen) atoms. The fourth-order valence-corrected chi connectivity index (χ4v) is 1.76. The lowest BCUT2D eigenvalue weighted by Crippen LogP contribution is -1.98. The number of fused-ring (bicyclic) bond motifs is 1. The van der Waals surface area contributed by atoms with Crippen molar-refractivity contribution in [3.05, 3.63) is 42.4 Å². The first-order valence-corrected chi connectivity index (χ1v) is 5.29. The summed E-state index contributed by atoms with van der Waals surface area (Å²) < 4.78 is 26.0. The molecule has 0 aliphatic rings. The van der Waals surface area contributed by atoms with Crippen molar-refractivity contribution in [3.8, 4) is 11.3 Å². The molecule has 4 nitrogen and oxygen atoms in total. The fourth-order valence-electron chi connectivity index (χ4n) is 1.76. The maximum absolute atomic E-state index is 13.0. The average molecular weight is 246 g/mol. The van der Waals surface area contributed by atoms with Crippen LogP contribution in [0.5, 0.6) is 0 Å². The van der Waals surface area contributed by atoms with Crippen LogP contribution in [0.4, 0.5) is 8.78 Å². The highest BCUT2D eigenvalue weighted by Crippen LogP contribution is 2.29. The summed E-state index contributed by atoms with van der Waals surface area (Å²) in [5, 5.41) is 6.32. The molecular weight excluding hydrogens is 238 g/mol. The van der Waals surface area contributed by atoms with E-state index in [-0.39, 0.29) is 11.4 Å². The Kier molecular flexibility index (Phi) is 2.47. The number of H-pyrrole nitrogens is 1. The van der Waals surface area contributed by atoms with Gasteiger partial charge in [0.15, 0.2) is 0 Å². The van der Waals surface area contributed by atoms with Crippen molar-refractivity contribution >= 4 is 11.0 Å². The minimum atomic E-state index is -2.67. The molecule has 0 radical (unpaired) electrons. The Labute approximate surface area is 101 Å². The number of para-hydroxylation sites is 2. The van der Waals surface area contributed by atoms with Crippen molar-refractivity contribution in [3.63, 3.8) is 0 Å². The lowest BCUT2D eigenvalue weighted by Gasteiger charge is -2.07. The van der Waals surface area contributed by atoms with Crippen LogP contribution in [0.25, 0.3) is 22.3 Å². The van der Waals surface area contributed by atoms with Crippen molar-refractivity contribution in [2.24, 2.45) is 0 Å². The lowest BCUT2D eigenvalue weighted by molar-refractivity contribution is 0.147. The molecule has 0 aliphatic heterocycles. The van der Waals surface area contributed by atoms with E-state index in [0.717, 1.165) is 0 Å². The molecule has 2 aromatic heterocycles. The van der Waals surface area contributed by atoms with Gasteiger partial charge in [0, 0.05) is 11.8 Å². The number of alkyl halides is 2. The van der Waals surface area contributed by atoms with E-state index in [4.69, 9.17) is 0 Å². The molecular formula is C12H8F2N4. The Bertz CT molecular complexity index is 680. The molecule has 3 aromatic rings. The van der Waals surface area contributed by atoms with Gasteiger partial charge < -0.3 is 0 Å². The summed E-state index contributed by atoms with van der Waals surface area (Å²) in [6.45, 7) is 0. The van der Waals surface area contributed by atoms with Gasteiger partial charge >= 0.3 is 0 Å². The van der Waals surface area contributed by atoms with Crippen LogP contribution in [-0.4, -0.2) is 20.2 Å². The summed E-state index contributed by atoms with van der Waals surface area (Å²) in [4.78, 5) is 8.21. The molecule has 0 fully saturated rings. The maximum atomic E-state index is 13.0. The summed E-state index contributed by atoms with van der Waals surface area (Å²) in [5.41, 5.74) is 1.38. The number of hydrogen-bond donors (Lipinski definition) is 1. The number of rotatable bonds is 2. The first kappa shape index (κ1) is 10.8. The van der Waals surface area contributed by atoms with E-state index < -0.39 is 6.43 Å². The molecule has 0 saturated carbocycles. The zero-order valence-corrected chi connectivity index (χ0v) is 9.14. The van der Waals surface area contributed by atoms with E-state index in [1.54, 1.807) is 24.3 Å². The van der Waals surface area contributed by atoms with E-state index in [1.165, 1.54) is 12.4 Å². The Balaban J connectivity index is 2.31. The summed E-state index contributed by atoms with van der Waals surface area (Å²) in [6, 6.07) is 6.93. The molecule has 3 rings (SSSR count). The predicted molar refractivity (Wildman–Crippen MR) is 62.1 cm³/mol. The number of nitrogens with zero attached hydrogens (tertiary/aromatic N) is 3. The fraction of sp³-hybridized carbons (Fsp3) is 0.0833. The second-order valence-corrected chi connectivity index (χ2v) is 3.73. The van der Waals surface area contributed by atoms with Gasteiger partial charge in [-0.05, 0) is 12.1 Å². The second-order valence-electron chi connectivity index (χ2n) is 3.73. The molecule has 90 valence electrons. The van der Waals surface area contributed by atoms with E-state index >= 15 is 0 Å². The summed E-state index contributed by atoms with van der Waals surface area (Å²) in [6.07, 6.45) is 0.294. The predicted octanol–water partition coefficient (Wildman–Crippen LogP) is 2.96. The van der Waals surface area contributed by atoms with Gasteiger partial charge in [-0.15, -0.1) is 0 Å². The van der Waals surface area contributed by atoms with Gasteiger partial charge in [0.05, 0.1) is 17.2 Å². The van der Waals surface area contributed by atoms with Crippen LogP contribution in [0.1, 0.15) is 12.1 Å². The van der Waals surface area contributed by atoms with Crippen molar-refractivity contribution in [1.29, 1.82) is 0 Å². The van der Waals surface area contributed by atoms with E-state index in [9.17, 15) is 8.78 Å². The molecule has 1 N–H and O–H groups in total. The minimum absolute atomic E-state index is 0.164.